The van der Waals surface area contributed by atoms with Crippen LogP contribution in [-0.4, -0.2) is 25.3 Å². The molecule has 0 amide bonds. The lowest BCUT2D eigenvalue weighted by Crippen LogP contribution is -2.43. The van der Waals surface area contributed by atoms with Gasteiger partial charge in [-0.1, -0.05) is 20.8 Å². The maximum absolute atomic E-state index is 5.99. The molecular weight excluding hydrogens is 246 g/mol. The fourth-order valence-electron chi connectivity index (χ4n) is 4.39. The van der Waals surface area contributed by atoms with Gasteiger partial charge in [0, 0.05) is 12.6 Å². The van der Waals surface area contributed by atoms with Gasteiger partial charge in [0.2, 0.25) is 0 Å². The molecule has 1 N–H and O–H groups in total. The first-order chi connectivity index (χ1) is 9.69. The van der Waals surface area contributed by atoms with E-state index >= 15 is 0 Å². The van der Waals surface area contributed by atoms with Crippen LogP contribution in [0.15, 0.2) is 0 Å². The number of ether oxygens (including phenoxy) is 1. The SMILES string of the molecule is CCCNC(CC1CCCCO1)C1CC(C)CC(C)C1. The number of hydrogen-bond acceptors (Lipinski definition) is 2. The lowest BCUT2D eigenvalue weighted by Gasteiger charge is -2.39. The van der Waals surface area contributed by atoms with E-state index in [4.69, 9.17) is 4.74 Å². The Labute approximate surface area is 126 Å². The van der Waals surface area contributed by atoms with Gasteiger partial charge in [0.25, 0.3) is 0 Å². The van der Waals surface area contributed by atoms with Crippen LogP contribution in [0, 0.1) is 17.8 Å². The van der Waals surface area contributed by atoms with Crippen molar-refractivity contribution in [3.8, 4) is 0 Å². The van der Waals surface area contributed by atoms with Crippen LogP contribution in [0.2, 0.25) is 0 Å². The topological polar surface area (TPSA) is 21.3 Å². The molecular formula is C18H35NO. The van der Waals surface area contributed by atoms with Gasteiger partial charge in [-0.15, -0.1) is 0 Å². The summed E-state index contributed by atoms with van der Waals surface area (Å²) in [5.41, 5.74) is 0. The van der Waals surface area contributed by atoms with Crippen molar-refractivity contribution in [2.75, 3.05) is 13.2 Å². The zero-order valence-corrected chi connectivity index (χ0v) is 13.9. The van der Waals surface area contributed by atoms with Gasteiger partial charge in [-0.05, 0) is 75.7 Å². The van der Waals surface area contributed by atoms with Crippen LogP contribution in [0.25, 0.3) is 0 Å². The van der Waals surface area contributed by atoms with Crippen LogP contribution in [0.5, 0.6) is 0 Å². The summed E-state index contributed by atoms with van der Waals surface area (Å²) < 4.78 is 5.99. The minimum Gasteiger partial charge on any atom is -0.378 e. The predicted octanol–water partition coefficient (Wildman–Crippen LogP) is 4.39. The molecule has 0 aromatic rings. The van der Waals surface area contributed by atoms with E-state index in [0.717, 1.165) is 30.9 Å². The number of nitrogens with one attached hydrogen (secondary N) is 1. The second-order valence-electron chi connectivity index (χ2n) is 7.46. The van der Waals surface area contributed by atoms with Crippen molar-refractivity contribution >= 4 is 0 Å². The Morgan fingerprint density at radius 3 is 2.45 bits per heavy atom. The predicted molar refractivity (Wildman–Crippen MR) is 86.0 cm³/mol. The molecule has 2 rings (SSSR count). The Morgan fingerprint density at radius 2 is 1.85 bits per heavy atom. The lowest BCUT2D eigenvalue weighted by atomic mass is 9.72. The van der Waals surface area contributed by atoms with Gasteiger partial charge in [0.15, 0.2) is 0 Å². The maximum Gasteiger partial charge on any atom is 0.0590 e. The highest BCUT2D eigenvalue weighted by molar-refractivity contribution is 4.86. The summed E-state index contributed by atoms with van der Waals surface area (Å²) in [6, 6.07) is 0.684. The summed E-state index contributed by atoms with van der Waals surface area (Å²) in [5, 5.41) is 3.85. The van der Waals surface area contributed by atoms with E-state index in [1.807, 2.05) is 0 Å². The summed E-state index contributed by atoms with van der Waals surface area (Å²) >= 11 is 0. The van der Waals surface area contributed by atoms with Crippen molar-refractivity contribution in [2.45, 2.75) is 84.3 Å². The molecule has 0 spiro atoms. The van der Waals surface area contributed by atoms with E-state index < -0.39 is 0 Å². The van der Waals surface area contributed by atoms with Crippen molar-refractivity contribution in [1.29, 1.82) is 0 Å². The smallest absolute Gasteiger partial charge is 0.0590 e. The van der Waals surface area contributed by atoms with E-state index in [1.54, 1.807) is 0 Å². The van der Waals surface area contributed by atoms with Crippen LogP contribution in [-0.2, 0) is 4.74 Å². The summed E-state index contributed by atoms with van der Waals surface area (Å²) in [6.07, 6.45) is 11.2. The lowest BCUT2D eigenvalue weighted by molar-refractivity contribution is -0.00261. The van der Waals surface area contributed by atoms with E-state index in [0.29, 0.717) is 12.1 Å². The molecule has 0 aromatic heterocycles. The highest BCUT2D eigenvalue weighted by Crippen LogP contribution is 2.36. The monoisotopic (exact) mass is 281 g/mol. The van der Waals surface area contributed by atoms with Crippen molar-refractivity contribution < 1.29 is 4.74 Å². The van der Waals surface area contributed by atoms with E-state index in [2.05, 4.69) is 26.1 Å². The molecule has 2 nitrogen and oxygen atoms in total. The quantitative estimate of drug-likeness (QED) is 0.780. The molecule has 0 aromatic carbocycles. The summed E-state index contributed by atoms with van der Waals surface area (Å²) in [5.74, 6) is 2.68. The molecule has 118 valence electrons. The zero-order valence-electron chi connectivity index (χ0n) is 13.9. The first-order valence-electron chi connectivity index (χ1n) is 9.04. The molecule has 2 heteroatoms. The van der Waals surface area contributed by atoms with E-state index in [-0.39, 0.29) is 0 Å². The van der Waals surface area contributed by atoms with Gasteiger partial charge < -0.3 is 10.1 Å². The van der Waals surface area contributed by atoms with Crippen LogP contribution in [0.1, 0.15) is 72.1 Å². The first-order valence-corrected chi connectivity index (χ1v) is 9.04. The Balaban J connectivity index is 1.90. The van der Waals surface area contributed by atoms with Crippen molar-refractivity contribution in [3.05, 3.63) is 0 Å². The largest absolute Gasteiger partial charge is 0.378 e. The molecule has 1 heterocycles. The van der Waals surface area contributed by atoms with Crippen LogP contribution in [0.3, 0.4) is 0 Å². The molecule has 0 radical (unpaired) electrons. The van der Waals surface area contributed by atoms with Crippen molar-refractivity contribution in [1.82, 2.24) is 5.32 Å². The van der Waals surface area contributed by atoms with Crippen LogP contribution in [0.4, 0.5) is 0 Å². The van der Waals surface area contributed by atoms with Gasteiger partial charge >= 0.3 is 0 Å². The molecule has 1 aliphatic heterocycles. The third kappa shape index (κ3) is 5.04. The van der Waals surface area contributed by atoms with Crippen LogP contribution < -0.4 is 5.32 Å². The second-order valence-corrected chi connectivity index (χ2v) is 7.46. The van der Waals surface area contributed by atoms with E-state index in [1.165, 1.54) is 51.4 Å². The van der Waals surface area contributed by atoms with Gasteiger partial charge in [-0.25, -0.2) is 0 Å². The summed E-state index contributed by atoms with van der Waals surface area (Å²) in [6.45, 7) is 9.31. The first kappa shape index (κ1) is 16.3. The third-order valence-corrected chi connectivity index (χ3v) is 5.23. The minimum atomic E-state index is 0.519. The standard InChI is InChI=1S/C18H35NO/c1-4-8-19-18(13-17-7-5-6-9-20-17)16-11-14(2)10-15(3)12-16/h14-19H,4-13H2,1-3H3. The molecule has 1 aliphatic carbocycles. The summed E-state index contributed by atoms with van der Waals surface area (Å²) in [4.78, 5) is 0. The van der Waals surface area contributed by atoms with Gasteiger partial charge in [0.05, 0.1) is 6.10 Å². The molecule has 1 saturated carbocycles. The van der Waals surface area contributed by atoms with Crippen molar-refractivity contribution in [2.24, 2.45) is 17.8 Å². The molecule has 2 fully saturated rings. The van der Waals surface area contributed by atoms with E-state index in [9.17, 15) is 0 Å². The Hall–Kier alpha value is -0.0800. The molecule has 0 bridgehead atoms. The van der Waals surface area contributed by atoms with Crippen molar-refractivity contribution in [3.63, 3.8) is 0 Å². The second kappa shape index (κ2) is 8.38. The molecule has 1 saturated heterocycles. The van der Waals surface area contributed by atoms with Gasteiger partial charge in [-0.2, -0.15) is 0 Å². The molecule has 4 atom stereocenters. The van der Waals surface area contributed by atoms with Crippen LogP contribution >= 0.6 is 0 Å². The number of hydrogen-bond donors (Lipinski definition) is 1. The Kier molecular flexibility index (Phi) is 6.83. The fourth-order valence-corrected chi connectivity index (χ4v) is 4.39. The number of rotatable bonds is 6. The zero-order chi connectivity index (χ0) is 14.4. The third-order valence-electron chi connectivity index (χ3n) is 5.23. The normalized spacial score (nSPS) is 36.8. The molecule has 20 heavy (non-hydrogen) atoms. The Bertz CT molecular complexity index is 252. The average molecular weight is 281 g/mol. The minimum absolute atomic E-state index is 0.519. The highest BCUT2D eigenvalue weighted by Gasteiger charge is 2.31. The highest BCUT2D eigenvalue weighted by atomic mass is 16.5. The Morgan fingerprint density at radius 1 is 1.10 bits per heavy atom. The molecule has 4 unspecified atom stereocenters. The fraction of sp³-hybridized carbons (Fsp3) is 1.00. The molecule has 2 aliphatic rings. The summed E-state index contributed by atoms with van der Waals surface area (Å²) in [7, 11) is 0. The van der Waals surface area contributed by atoms with Gasteiger partial charge in [0.1, 0.15) is 0 Å². The maximum atomic E-state index is 5.99. The van der Waals surface area contributed by atoms with Gasteiger partial charge in [-0.3, -0.25) is 0 Å². The average Bonchev–Trinajstić information content (AvgIpc) is 2.43.